The Hall–Kier alpha value is -2.41. The van der Waals surface area contributed by atoms with Crippen LogP contribution in [0.1, 0.15) is 5.82 Å². The fourth-order valence-electron chi connectivity index (χ4n) is 2.46. The van der Waals surface area contributed by atoms with Crippen molar-refractivity contribution in [3.05, 3.63) is 59.9 Å². The summed E-state index contributed by atoms with van der Waals surface area (Å²) in [4.78, 5) is 16.8. The Balaban J connectivity index is 1.84. The van der Waals surface area contributed by atoms with Crippen molar-refractivity contribution in [3.8, 4) is 0 Å². The van der Waals surface area contributed by atoms with Gasteiger partial charge >= 0.3 is 0 Å². The van der Waals surface area contributed by atoms with Crippen LogP contribution in [0.25, 0.3) is 11.0 Å². The molecule has 1 N–H and O–H groups in total. The van der Waals surface area contributed by atoms with E-state index in [-0.39, 0.29) is 18.1 Å². The lowest BCUT2D eigenvalue weighted by molar-refractivity contribution is -0.116. The first kappa shape index (κ1) is 16.4. The molecule has 0 aliphatic carbocycles. The van der Waals surface area contributed by atoms with Crippen LogP contribution in [0.4, 0.5) is 14.5 Å². The quantitative estimate of drug-likeness (QED) is 0.763. The summed E-state index contributed by atoms with van der Waals surface area (Å²) in [7, 11) is 0. The molecule has 1 heterocycles. The van der Waals surface area contributed by atoms with E-state index >= 15 is 0 Å². The first-order valence-corrected chi connectivity index (χ1v) is 8.66. The number of carbonyl (C=O) groups is 1. The van der Waals surface area contributed by atoms with E-state index < -0.39 is 11.6 Å². The number of hydrogen-bond acceptors (Lipinski definition) is 3. The van der Waals surface area contributed by atoms with Gasteiger partial charge in [-0.3, -0.25) is 4.79 Å². The van der Waals surface area contributed by atoms with Crippen LogP contribution in [0.2, 0.25) is 0 Å². The number of halogens is 2. The monoisotopic (exact) mass is 347 g/mol. The highest BCUT2D eigenvalue weighted by Gasteiger charge is 2.14. The number of benzene rings is 2. The minimum Gasteiger partial charge on any atom is -0.324 e. The van der Waals surface area contributed by atoms with Crippen LogP contribution >= 0.6 is 11.8 Å². The highest BCUT2D eigenvalue weighted by Crippen LogP contribution is 2.19. The van der Waals surface area contributed by atoms with Crippen molar-refractivity contribution in [2.45, 2.75) is 12.3 Å². The number of para-hydroxylation sites is 2. The Morgan fingerprint density at radius 2 is 2.00 bits per heavy atom. The zero-order valence-electron chi connectivity index (χ0n) is 12.9. The van der Waals surface area contributed by atoms with Gasteiger partial charge in [-0.05, 0) is 30.5 Å². The number of aromatic nitrogens is 2. The van der Waals surface area contributed by atoms with Gasteiger partial charge in [-0.2, -0.15) is 11.8 Å². The number of amides is 1. The predicted molar refractivity (Wildman–Crippen MR) is 91.9 cm³/mol. The maximum absolute atomic E-state index is 13.2. The molecule has 3 aromatic rings. The van der Waals surface area contributed by atoms with E-state index in [0.717, 1.165) is 29.0 Å². The second kappa shape index (κ2) is 7.00. The van der Waals surface area contributed by atoms with Crippen LogP contribution in [0.15, 0.2) is 42.5 Å². The topological polar surface area (TPSA) is 46.9 Å². The van der Waals surface area contributed by atoms with Gasteiger partial charge in [0.25, 0.3) is 0 Å². The Kier molecular flexibility index (Phi) is 4.80. The summed E-state index contributed by atoms with van der Waals surface area (Å²) in [6.45, 7) is 0.0510. The summed E-state index contributed by atoms with van der Waals surface area (Å²) in [6.07, 6.45) is 1.96. The van der Waals surface area contributed by atoms with Crippen molar-refractivity contribution in [1.82, 2.24) is 9.55 Å². The highest BCUT2D eigenvalue weighted by atomic mass is 32.2. The van der Waals surface area contributed by atoms with Crippen LogP contribution < -0.4 is 5.32 Å². The summed E-state index contributed by atoms with van der Waals surface area (Å²) in [5.74, 6) is -0.803. The van der Waals surface area contributed by atoms with E-state index in [4.69, 9.17) is 0 Å². The van der Waals surface area contributed by atoms with Crippen LogP contribution in [0, 0.1) is 11.6 Å². The molecule has 7 heteroatoms. The summed E-state index contributed by atoms with van der Waals surface area (Å²) >= 11 is 1.61. The van der Waals surface area contributed by atoms with Gasteiger partial charge in [0.1, 0.15) is 12.4 Å². The van der Waals surface area contributed by atoms with Gasteiger partial charge < -0.3 is 9.88 Å². The molecule has 3 rings (SSSR count). The van der Waals surface area contributed by atoms with E-state index in [0.29, 0.717) is 5.75 Å². The fourth-order valence-corrected chi connectivity index (χ4v) is 2.94. The van der Waals surface area contributed by atoms with Crippen LogP contribution in [0.3, 0.4) is 0 Å². The predicted octanol–water partition coefficient (Wildman–Crippen LogP) is 3.82. The molecule has 4 nitrogen and oxygen atoms in total. The number of nitrogens with zero attached hydrogens (tertiary/aromatic N) is 2. The maximum atomic E-state index is 13.2. The molecule has 0 atom stereocenters. The highest BCUT2D eigenvalue weighted by molar-refractivity contribution is 7.97. The zero-order chi connectivity index (χ0) is 17.1. The Morgan fingerprint density at radius 3 is 2.75 bits per heavy atom. The maximum Gasteiger partial charge on any atom is 0.244 e. The van der Waals surface area contributed by atoms with Crippen molar-refractivity contribution in [3.63, 3.8) is 0 Å². The molecule has 2 aromatic carbocycles. The van der Waals surface area contributed by atoms with E-state index in [2.05, 4.69) is 10.3 Å². The molecule has 0 spiro atoms. The number of hydrogen-bond donors (Lipinski definition) is 1. The van der Waals surface area contributed by atoms with Crippen molar-refractivity contribution >= 4 is 34.4 Å². The molecule has 0 aliphatic rings. The van der Waals surface area contributed by atoms with Gasteiger partial charge in [0.05, 0.1) is 16.8 Å². The minimum atomic E-state index is -0.996. The van der Waals surface area contributed by atoms with Crippen molar-refractivity contribution in [1.29, 1.82) is 0 Å². The van der Waals surface area contributed by atoms with Gasteiger partial charge in [0.2, 0.25) is 5.91 Å². The van der Waals surface area contributed by atoms with E-state index in [9.17, 15) is 13.6 Å². The molecule has 0 bridgehead atoms. The van der Waals surface area contributed by atoms with Crippen LogP contribution in [-0.4, -0.2) is 21.7 Å². The summed E-state index contributed by atoms with van der Waals surface area (Å²) in [5.41, 5.74) is 1.90. The number of rotatable bonds is 5. The molecular formula is C17H15F2N3OS. The SMILES string of the molecule is CSCc1nc2ccccc2n1CC(=O)Nc1ccc(F)c(F)c1. The van der Waals surface area contributed by atoms with Gasteiger partial charge in [0, 0.05) is 11.8 Å². The first-order valence-electron chi connectivity index (χ1n) is 7.26. The molecule has 0 radical (unpaired) electrons. The fraction of sp³-hybridized carbons (Fsp3) is 0.176. The molecule has 24 heavy (non-hydrogen) atoms. The van der Waals surface area contributed by atoms with Crippen LogP contribution in [-0.2, 0) is 17.1 Å². The summed E-state index contributed by atoms with van der Waals surface area (Å²) in [5, 5.41) is 2.58. The normalized spacial score (nSPS) is 11.0. The number of imidazole rings is 1. The molecule has 1 aromatic heterocycles. The van der Waals surface area contributed by atoms with Crippen molar-refractivity contribution in [2.24, 2.45) is 0 Å². The molecule has 1 amide bonds. The van der Waals surface area contributed by atoms with Gasteiger partial charge in [-0.1, -0.05) is 12.1 Å². The van der Waals surface area contributed by atoms with Crippen LogP contribution in [0.5, 0.6) is 0 Å². The third kappa shape index (κ3) is 3.41. The van der Waals surface area contributed by atoms with E-state index in [1.165, 1.54) is 6.07 Å². The number of thioether (sulfide) groups is 1. The zero-order valence-corrected chi connectivity index (χ0v) is 13.7. The molecule has 0 saturated carbocycles. The Bertz CT molecular complexity index is 895. The molecule has 124 valence electrons. The third-order valence-corrected chi connectivity index (χ3v) is 4.06. The molecule has 0 saturated heterocycles. The Morgan fingerprint density at radius 1 is 1.21 bits per heavy atom. The van der Waals surface area contributed by atoms with Crippen molar-refractivity contribution < 1.29 is 13.6 Å². The number of fused-ring (bicyclic) bond motifs is 1. The molecule has 0 aliphatic heterocycles. The lowest BCUT2D eigenvalue weighted by atomic mass is 10.3. The first-order chi connectivity index (χ1) is 11.6. The number of anilines is 1. The lowest BCUT2D eigenvalue weighted by Gasteiger charge is -2.10. The van der Waals surface area contributed by atoms with Gasteiger partial charge in [-0.15, -0.1) is 0 Å². The molecular weight excluding hydrogens is 332 g/mol. The Labute approximate surface area is 141 Å². The molecule has 0 fully saturated rings. The summed E-state index contributed by atoms with van der Waals surface area (Å²) < 4.78 is 28.0. The van der Waals surface area contributed by atoms with Crippen molar-refractivity contribution in [2.75, 3.05) is 11.6 Å². The van der Waals surface area contributed by atoms with Gasteiger partial charge in [0.15, 0.2) is 11.6 Å². The standard InChI is InChI=1S/C17H15F2N3OS/c1-24-10-16-21-14-4-2-3-5-15(14)22(16)9-17(23)20-11-6-7-12(18)13(19)8-11/h2-8H,9-10H2,1H3,(H,20,23). The number of nitrogens with one attached hydrogen (secondary N) is 1. The summed E-state index contributed by atoms with van der Waals surface area (Å²) in [6, 6.07) is 10.8. The van der Waals surface area contributed by atoms with E-state index in [1.54, 1.807) is 11.8 Å². The second-order valence-electron chi connectivity index (χ2n) is 5.21. The van der Waals surface area contributed by atoms with E-state index in [1.807, 2.05) is 35.1 Å². The minimum absolute atomic E-state index is 0.0510. The second-order valence-corrected chi connectivity index (χ2v) is 6.08. The third-order valence-electron chi connectivity index (χ3n) is 3.51. The average molecular weight is 347 g/mol. The number of carbonyl (C=O) groups excluding carboxylic acids is 1. The molecule has 0 unspecified atom stereocenters. The lowest BCUT2D eigenvalue weighted by Crippen LogP contribution is -2.20. The van der Waals surface area contributed by atoms with Gasteiger partial charge in [-0.25, -0.2) is 13.8 Å². The largest absolute Gasteiger partial charge is 0.324 e. The average Bonchev–Trinajstić information content (AvgIpc) is 2.89. The smallest absolute Gasteiger partial charge is 0.244 e.